The first kappa shape index (κ1) is 21.7. The molecule has 2 rings (SSSR count). The summed E-state index contributed by atoms with van der Waals surface area (Å²) < 4.78 is 33.9. The number of oxime groups is 1. The zero-order valence-electron chi connectivity index (χ0n) is 14.6. The number of ether oxygens (including phenoxy) is 2. The Morgan fingerprint density at radius 3 is 2.68 bits per heavy atom. The van der Waals surface area contributed by atoms with Crippen LogP contribution in [0.25, 0.3) is 0 Å². The van der Waals surface area contributed by atoms with E-state index in [0.717, 1.165) is 0 Å². The second-order valence-corrected chi connectivity index (χ2v) is 6.15. The molecule has 6 nitrogen and oxygen atoms in total. The van der Waals surface area contributed by atoms with Crippen LogP contribution in [0.1, 0.15) is 11.1 Å². The third kappa shape index (κ3) is 6.86. The minimum atomic E-state index is -2.96. The van der Waals surface area contributed by atoms with Crippen LogP contribution in [0.4, 0.5) is 8.78 Å². The lowest BCUT2D eigenvalue weighted by atomic mass is 10.2. The molecule has 0 bridgehead atoms. The van der Waals surface area contributed by atoms with E-state index in [0.29, 0.717) is 21.2 Å². The zero-order valence-corrected chi connectivity index (χ0v) is 16.1. The average molecular weight is 433 g/mol. The SMILES string of the molecule is COc1cc(/C=N\OCC(=O)NCc2ccc(Cl)cc2Cl)ccc1OC(F)F. The molecule has 0 aliphatic heterocycles. The van der Waals surface area contributed by atoms with E-state index in [9.17, 15) is 13.6 Å². The summed E-state index contributed by atoms with van der Waals surface area (Å²) in [6.45, 7) is -3.06. The van der Waals surface area contributed by atoms with Gasteiger partial charge >= 0.3 is 6.61 Å². The number of benzene rings is 2. The van der Waals surface area contributed by atoms with Gasteiger partial charge in [-0.1, -0.05) is 34.4 Å². The Balaban J connectivity index is 1.81. The monoisotopic (exact) mass is 432 g/mol. The van der Waals surface area contributed by atoms with Gasteiger partial charge in [0.05, 0.1) is 13.3 Å². The van der Waals surface area contributed by atoms with Gasteiger partial charge in [-0.05, 0) is 35.9 Å². The molecule has 0 heterocycles. The maximum absolute atomic E-state index is 12.3. The molecule has 28 heavy (non-hydrogen) atoms. The van der Waals surface area contributed by atoms with Gasteiger partial charge in [-0.15, -0.1) is 0 Å². The standard InChI is InChI=1S/C18H16Cl2F2N2O4/c1-26-16-6-11(2-5-15(16)28-18(21)22)8-24-27-10-17(25)23-9-12-3-4-13(19)7-14(12)20/h2-8,18H,9-10H2,1H3,(H,23,25)/b24-8-. The molecule has 150 valence electrons. The summed E-state index contributed by atoms with van der Waals surface area (Å²) >= 11 is 11.8. The molecular formula is C18H16Cl2F2N2O4. The number of hydrogen-bond donors (Lipinski definition) is 1. The van der Waals surface area contributed by atoms with Gasteiger partial charge in [0.25, 0.3) is 5.91 Å². The van der Waals surface area contributed by atoms with Crippen LogP contribution in [0.5, 0.6) is 11.5 Å². The van der Waals surface area contributed by atoms with Gasteiger partial charge < -0.3 is 19.6 Å². The molecule has 0 radical (unpaired) electrons. The van der Waals surface area contributed by atoms with Crippen LogP contribution in [-0.2, 0) is 16.2 Å². The Bertz CT molecular complexity index is 850. The Morgan fingerprint density at radius 1 is 1.21 bits per heavy atom. The molecule has 0 saturated carbocycles. The fourth-order valence-corrected chi connectivity index (χ4v) is 2.54. The van der Waals surface area contributed by atoms with Crippen molar-refractivity contribution in [2.24, 2.45) is 5.16 Å². The van der Waals surface area contributed by atoms with E-state index < -0.39 is 12.5 Å². The van der Waals surface area contributed by atoms with Crippen molar-refractivity contribution in [1.29, 1.82) is 0 Å². The van der Waals surface area contributed by atoms with Crippen LogP contribution in [0.15, 0.2) is 41.6 Å². The van der Waals surface area contributed by atoms with E-state index in [-0.39, 0.29) is 24.7 Å². The highest BCUT2D eigenvalue weighted by molar-refractivity contribution is 6.35. The van der Waals surface area contributed by atoms with Crippen LogP contribution in [-0.4, -0.2) is 32.4 Å². The highest BCUT2D eigenvalue weighted by atomic mass is 35.5. The summed E-state index contributed by atoms with van der Waals surface area (Å²) in [6.07, 6.45) is 1.30. The van der Waals surface area contributed by atoms with Crippen LogP contribution < -0.4 is 14.8 Å². The highest BCUT2D eigenvalue weighted by Crippen LogP contribution is 2.29. The average Bonchev–Trinajstić information content (AvgIpc) is 2.65. The topological polar surface area (TPSA) is 69.2 Å². The number of nitrogens with one attached hydrogen (secondary N) is 1. The minimum absolute atomic E-state index is 0.101. The number of carbonyl (C=O) groups excluding carboxylic acids is 1. The number of nitrogens with zero attached hydrogens (tertiary/aromatic N) is 1. The maximum Gasteiger partial charge on any atom is 0.387 e. The van der Waals surface area contributed by atoms with E-state index in [1.54, 1.807) is 18.2 Å². The first-order valence-electron chi connectivity index (χ1n) is 7.88. The Hall–Kier alpha value is -2.58. The number of halogens is 4. The number of hydrogen-bond acceptors (Lipinski definition) is 5. The molecule has 2 aromatic rings. The van der Waals surface area contributed by atoms with Crippen molar-refractivity contribution in [1.82, 2.24) is 5.32 Å². The van der Waals surface area contributed by atoms with Gasteiger partial charge in [0.15, 0.2) is 18.1 Å². The molecule has 0 aliphatic carbocycles. The van der Waals surface area contributed by atoms with E-state index in [1.807, 2.05) is 0 Å². The predicted molar refractivity (Wildman–Crippen MR) is 101 cm³/mol. The molecular weight excluding hydrogens is 417 g/mol. The highest BCUT2D eigenvalue weighted by Gasteiger charge is 2.10. The molecule has 2 aromatic carbocycles. The van der Waals surface area contributed by atoms with Crippen molar-refractivity contribution in [3.63, 3.8) is 0 Å². The van der Waals surface area contributed by atoms with E-state index >= 15 is 0 Å². The lowest BCUT2D eigenvalue weighted by molar-refractivity contribution is -0.125. The van der Waals surface area contributed by atoms with Gasteiger partial charge in [-0.25, -0.2) is 0 Å². The maximum atomic E-state index is 12.3. The van der Waals surface area contributed by atoms with Crippen molar-refractivity contribution in [3.05, 3.63) is 57.6 Å². The molecule has 0 saturated heterocycles. The second-order valence-electron chi connectivity index (χ2n) is 5.31. The first-order valence-corrected chi connectivity index (χ1v) is 8.63. The predicted octanol–water partition coefficient (Wildman–Crippen LogP) is 4.27. The zero-order chi connectivity index (χ0) is 20.5. The van der Waals surface area contributed by atoms with E-state index in [2.05, 4.69) is 15.2 Å². The summed E-state index contributed by atoms with van der Waals surface area (Å²) in [5, 5.41) is 7.23. The molecule has 10 heteroatoms. The fraction of sp³-hybridized carbons (Fsp3) is 0.222. The summed E-state index contributed by atoms with van der Waals surface area (Å²) in [7, 11) is 1.32. The smallest absolute Gasteiger partial charge is 0.387 e. The quantitative estimate of drug-likeness (QED) is 0.474. The van der Waals surface area contributed by atoms with Crippen molar-refractivity contribution in [2.45, 2.75) is 13.2 Å². The Kier molecular flexibility index (Phi) is 8.28. The summed E-state index contributed by atoms with van der Waals surface area (Å²) in [4.78, 5) is 16.7. The van der Waals surface area contributed by atoms with Gasteiger partial charge in [-0.3, -0.25) is 4.79 Å². The van der Waals surface area contributed by atoms with Crippen molar-refractivity contribution >= 4 is 35.3 Å². The molecule has 1 N–H and O–H groups in total. The van der Waals surface area contributed by atoms with Crippen molar-refractivity contribution in [3.8, 4) is 11.5 Å². The summed E-state index contributed by atoms with van der Waals surface area (Å²) in [5.74, 6) is -0.390. The summed E-state index contributed by atoms with van der Waals surface area (Å²) in [6, 6.07) is 9.19. The van der Waals surface area contributed by atoms with Gasteiger partial charge in [0, 0.05) is 22.2 Å². The van der Waals surface area contributed by atoms with Crippen LogP contribution in [0.2, 0.25) is 10.0 Å². The van der Waals surface area contributed by atoms with Gasteiger partial charge in [0.1, 0.15) is 0 Å². The second kappa shape index (κ2) is 10.7. The van der Waals surface area contributed by atoms with Gasteiger partial charge in [-0.2, -0.15) is 8.78 Å². The fourth-order valence-electron chi connectivity index (χ4n) is 2.06. The number of alkyl halides is 2. The lowest BCUT2D eigenvalue weighted by Crippen LogP contribution is -2.26. The van der Waals surface area contributed by atoms with Crippen LogP contribution >= 0.6 is 23.2 Å². The number of amides is 1. The van der Waals surface area contributed by atoms with Crippen molar-refractivity contribution < 1.29 is 27.9 Å². The number of carbonyl (C=O) groups is 1. The molecule has 0 aliphatic rings. The van der Waals surface area contributed by atoms with E-state index in [4.69, 9.17) is 32.8 Å². The first-order chi connectivity index (χ1) is 13.4. The molecule has 0 fully saturated rings. The number of methoxy groups -OCH3 is 1. The van der Waals surface area contributed by atoms with Crippen LogP contribution in [0, 0.1) is 0 Å². The van der Waals surface area contributed by atoms with Gasteiger partial charge in [0.2, 0.25) is 0 Å². The molecule has 0 unspecified atom stereocenters. The van der Waals surface area contributed by atoms with E-state index in [1.165, 1.54) is 31.5 Å². The molecule has 0 aromatic heterocycles. The lowest BCUT2D eigenvalue weighted by Gasteiger charge is -2.10. The molecule has 0 spiro atoms. The molecule has 0 atom stereocenters. The van der Waals surface area contributed by atoms with Crippen molar-refractivity contribution in [2.75, 3.05) is 13.7 Å². The minimum Gasteiger partial charge on any atom is -0.493 e. The Labute approximate surface area is 170 Å². The number of rotatable bonds is 9. The normalized spacial score (nSPS) is 10.9. The largest absolute Gasteiger partial charge is 0.493 e. The van der Waals surface area contributed by atoms with Crippen LogP contribution in [0.3, 0.4) is 0 Å². The summed E-state index contributed by atoms with van der Waals surface area (Å²) in [5.41, 5.74) is 1.22. The third-order valence-electron chi connectivity index (χ3n) is 3.37. The Morgan fingerprint density at radius 2 is 2.00 bits per heavy atom. The third-order valence-corrected chi connectivity index (χ3v) is 3.95. The molecule has 1 amide bonds.